The first-order valence-corrected chi connectivity index (χ1v) is 4.80. The van der Waals surface area contributed by atoms with Crippen molar-refractivity contribution in [1.29, 1.82) is 0 Å². The van der Waals surface area contributed by atoms with Crippen LogP contribution in [0.25, 0.3) is 0 Å². The molecule has 0 aliphatic heterocycles. The molecule has 0 unspecified atom stereocenters. The summed E-state index contributed by atoms with van der Waals surface area (Å²) in [7, 11) is 0. The molecule has 0 amide bonds. The first-order valence-electron chi connectivity index (χ1n) is 4.42. The smallest absolute Gasteiger partial charge is 0.163 e. The van der Waals surface area contributed by atoms with Gasteiger partial charge in [0.25, 0.3) is 0 Å². The molecule has 0 aliphatic rings. The molecule has 0 bridgehead atoms. The zero-order valence-electron chi connectivity index (χ0n) is 8.01. The topological polar surface area (TPSA) is 17.1 Å². The summed E-state index contributed by atoms with van der Waals surface area (Å²) in [6.07, 6.45) is 1.07. The molecule has 0 spiro atoms. The minimum Gasteiger partial charge on any atom is -0.294 e. The zero-order valence-corrected chi connectivity index (χ0v) is 8.77. The van der Waals surface area contributed by atoms with Crippen molar-refractivity contribution >= 4 is 17.4 Å². The third-order valence-corrected chi connectivity index (χ3v) is 2.04. The van der Waals surface area contributed by atoms with Crippen molar-refractivity contribution in [3.8, 4) is 11.8 Å². The molecule has 72 valence electrons. The van der Waals surface area contributed by atoms with Crippen molar-refractivity contribution in [2.75, 3.05) is 0 Å². The Morgan fingerprint density at radius 2 is 2.29 bits per heavy atom. The van der Waals surface area contributed by atoms with Gasteiger partial charge in [0.05, 0.1) is 0 Å². The third-order valence-electron chi connectivity index (χ3n) is 1.80. The Morgan fingerprint density at radius 3 is 2.93 bits per heavy atom. The Kier molecular flexibility index (Phi) is 4.22. The summed E-state index contributed by atoms with van der Waals surface area (Å²) in [6, 6.07) is 6.99. The van der Waals surface area contributed by atoms with Gasteiger partial charge in [-0.3, -0.25) is 4.79 Å². The molecule has 0 fully saturated rings. The molecule has 2 heteroatoms. The number of carbonyl (C=O) groups is 1. The lowest BCUT2D eigenvalue weighted by molar-refractivity contribution is 0.0984. The van der Waals surface area contributed by atoms with Gasteiger partial charge in [0.15, 0.2) is 5.78 Å². The molecule has 0 N–H and O–H groups in total. The predicted octanol–water partition coefficient (Wildman–Crippen LogP) is 3.33. The molecular formula is C12H11ClO. The van der Waals surface area contributed by atoms with Crippen LogP contribution < -0.4 is 0 Å². The zero-order chi connectivity index (χ0) is 10.4. The summed E-state index contributed by atoms with van der Waals surface area (Å²) in [5.41, 5.74) is 0.662. The Hall–Kier alpha value is -1.26. The summed E-state index contributed by atoms with van der Waals surface area (Å²) < 4.78 is 0. The van der Waals surface area contributed by atoms with Crippen LogP contribution in [0.15, 0.2) is 24.3 Å². The lowest BCUT2D eigenvalue weighted by Gasteiger charge is -1.98. The van der Waals surface area contributed by atoms with E-state index in [0.717, 1.165) is 0 Å². The highest BCUT2D eigenvalue weighted by Crippen LogP contribution is 2.12. The SMILES string of the molecule is CC#CCCC(=O)c1cccc(Cl)c1. The second-order valence-electron chi connectivity index (χ2n) is 2.86. The van der Waals surface area contributed by atoms with Crippen LogP contribution in [0.4, 0.5) is 0 Å². The maximum absolute atomic E-state index is 11.5. The van der Waals surface area contributed by atoms with Crippen LogP contribution in [0.5, 0.6) is 0 Å². The fourth-order valence-corrected chi connectivity index (χ4v) is 1.30. The van der Waals surface area contributed by atoms with E-state index in [0.29, 0.717) is 23.4 Å². The van der Waals surface area contributed by atoms with E-state index in [2.05, 4.69) is 11.8 Å². The summed E-state index contributed by atoms with van der Waals surface area (Å²) in [5, 5.41) is 0.595. The number of carbonyl (C=O) groups excluding carboxylic acids is 1. The second-order valence-corrected chi connectivity index (χ2v) is 3.30. The van der Waals surface area contributed by atoms with Crippen LogP contribution in [0, 0.1) is 11.8 Å². The molecule has 1 aromatic carbocycles. The highest BCUT2D eigenvalue weighted by atomic mass is 35.5. The highest BCUT2D eigenvalue weighted by Gasteiger charge is 2.04. The Labute approximate surface area is 89.1 Å². The van der Waals surface area contributed by atoms with Gasteiger partial charge >= 0.3 is 0 Å². The van der Waals surface area contributed by atoms with E-state index in [-0.39, 0.29) is 5.78 Å². The number of benzene rings is 1. The van der Waals surface area contributed by atoms with Gasteiger partial charge in [-0.25, -0.2) is 0 Å². The average molecular weight is 207 g/mol. The van der Waals surface area contributed by atoms with Gasteiger partial charge in [0.1, 0.15) is 0 Å². The molecule has 14 heavy (non-hydrogen) atoms. The van der Waals surface area contributed by atoms with Gasteiger partial charge in [-0.1, -0.05) is 23.7 Å². The molecule has 0 saturated heterocycles. The van der Waals surface area contributed by atoms with Crippen molar-refractivity contribution in [1.82, 2.24) is 0 Å². The van der Waals surface area contributed by atoms with E-state index >= 15 is 0 Å². The lowest BCUT2D eigenvalue weighted by atomic mass is 10.1. The van der Waals surface area contributed by atoms with Crippen LogP contribution in [-0.4, -0.2) is 5.78 Å². The first-order chi connectivity index (χ1) is 6.74. The fraction of sp³-hybridized carbons (Fsp3) is 0.250. The van der Waals surface area contributed by atoms with Gasteiger partial charge in [-0.15, -0.1) is 11.8 Å². The van der Waals surface area contributed by atoms with Crippen molar-refractivity contribution in [3.05, 3.63) is 34.9 Å². The van der Waals surface area contributed by atoms with Crippen molar-refractivity contribution in [2.45, 2.75) is 19.8 Å². The maximum atomic E-state index is 11.5. The van der Waals surface area contributed by atoms with Gasteiger partial charge in [0.2, 0.25) is 0 Å². The highest BCUT2D eigenvalue weighted by molar-refractivity contribution is 6.31. The third kappa shape index (κ3) is 3.24. The van der Waals surface area contributed by atoms with Gasteiger partial charge in [-0.05, 0) is 19.1 Å². The molecule has 1 aromatic rings. The second kappa shape index (κ2) is 5.47. The molecule has 0 aromatic heterocycles. The van der Waals surface area contributed by atoms with Crippen LogP contribution in [0.2, 0.25) is 5.02 Å². The summed E-state index contributed by atoms with van der Waals surface area (Å²) >= 11 is 5.77. The maximum Gasteiger partial charge on any atom is 0.163 e. The van der Waals surface area contributed by atoms with Gasteiger partial charge < -0.3 is 0 Å². The van der Waals surface area contributed by atoms with E-state index in [4.69, 9.17) is 11.6 Å². The van der Waals surface area contributed by atoms with Crippen LogP contribution in [0.3, 0.4) is 0 Å². The molecule has 0 heterocycles. The number of rotatable bonds is 3. The minimum absolute atomic E-state index is 0.0928. The molecule has 0 radical (unpaired) electrons. The average Bonchev–Trinajstić information content (AvgIpc) is 2.18. The van der Waals surface area contributed by atoms with Crippen LogP contribution >= 0.6 is 11.6 Å². The van der Waals surface area contributed by atoms with Crippen molar-refractivity contribution in [3.63, 3.8) is 0 Å². The molecule has 0 saturated carbocycles. The number of ketones is 1. The normalized spacial score (nSPS) is 9.00. The number of Topliss-reactive ketones (excluding diaryl/α,β-unsaturated/α-hetero) is 1. The molecule has 0 atom stereocenters. The molecule has 1 nitrogen and oxygen atoms in total. The van der Waals surface area contributed by atoms with E-state index < -0.39 is 0 Å². The largest absolute Gasteiger partial charge is 0.294 e. The van der Waals surface area contributed by atoms with E-state index in [1.54, 1.807) is 31.2 Å². The van der Waals surface area contributed by atoms with Crippen LogP contribution in [0.1, 0.15) is 30.1 Å². The molecule has 0 aliphatic carbocycles. The lowest BCUT2D eigenvalue weighted by Crippen LogP contribution is -1.97. The summed E-state index contributed by atoms with van der Waals surface area (Å²) in [6.45, 7) is 1.77. The number of hydrogen-bond acceptors (Lipinski definition) is 1. The van der Waals surface area contributed by atoms with Crippen LogP contribution in [-0.2, 0) is 0 Å². The number of halogens is 1. The summed E-state index contributed by atoms with van der Waals surface area (Å²) in [4.78, 5) is 11.5. The van der Waals surface area contributed by atoms with Gasteiger partial charge in [-0.2, -0.15) is 0 Å². The van der Waals surface area contributed by atoms with Crippen molar-refractivity contribution in [2.24, 2.45) is 0 Å². The predicted molar refractivity (Wildman–Crippen MR) is 58.5 cm³/mol. The van der Waals surface area contributed by atoms with Gasteiger partial charge in [0, 0.05) is 23.4 Å². The molecular weight excluding hydrogens is 196 g/mol. The van der Waals surface area contributed by atoms with E-state index in [1.807, 2.05) is 0 Å². The monoisotopic (exact) mass is 206 g/mol. The first kappa shape index (κ1) is 10.8. The fourth-order valence-electron chi connectivity index (χ4n) is 1.11. The summed E-state index contributed by atoms with van der Waals surface area (Å²) in [5.74, 6) is 5.71. The quantitative estimate of drug-likeness (QED) is 0.548. The Balaban J connectivity index is 2.63. The Morgan fingerprint density at radius 1 is 1.50 bits per heavy atom. The van der Waals surface area contributed by atoms with E-state index in [1.165, 1.54) is 0 Å². The standard InChI is InChI=1S/C12H11ClO/c1-2-3-4-8-12(14)10-6-5-7-11(13)9-10/h5-7,9H,4,8H2,1H3. The van der Waals surface area contributed by atoms with Crippen molar-refractivity contribution < 1.29 is 4.79 Å². The minimum atomic E-state index is 0.0928. The Bertz CT molecular complexity index is 385. The van der Waals surface area contributed by atoms with E-state index in [9.17, 15) is 4.79 Å². The molecule has 1 rings (SSSR count). The number of hydrogen-bond donors (Lipinski definition) is 0.